The number of anilines is 1. The molecule has 4 nitrogen and oxygen atoms in total. The second kappa shape index (κ2) is 4.37. The number of hydrogen-bond acceptors (Lipinski definition) is 3. The van der Waals surface area contributed by atoms with Crippen molar-refractivity contribution in [2.24, 2.45) is 5.92 Å². The van der Waals surface area contributed by atoms with E-state index in [0.717, 1.165) is 43.7 Å². The topological polar surface area (TPSA) is 52.5 Å². The van der Waals surface area contributed by atoms with Gasteiger partial charge in [-0.2, -0.15) is 5.10 Å². The Morgan fingerprint density at radius 3 is 3.06 bits per heavy atom. The summed E-state index contributed by atoms with van der Waals surface area (Å²) >= 11 is 0. The van der Waals surface area contributed by atoms with E-state index < -0.39 is 0 Å². The minimum atomic E-state index is 0.712. The van der Waals surface area contributed by atoms with Crippen LogP contribution in [0.1, 0.15) is 18.4 Å². The van der Waals surface area contributed by atoms with Gasteiger partial charge in [0.1, 0.15) is 0 Å². The summed E-state index contributed by atoms with van der Waals surface area (Å²) in [7, 11) is 0. The van der Waals surface area contributed by atoms with Crippen LogP contribution in [0.4, 0.5) is 5.69 Å². The minimum Gasteiger partial charge on any atom is -0.396 e. The first-order valence-corrected chi connectivity index (χ1v) is 6.13. The quantitative estimate of drug-likeness (QED) is 0.858. The van der Waals surface area contributed by atoms with Gasteiger partial charge in [-0.1, -0.05) is 6.07 Å². The molecule has 0 unspecified atom stereocenters. The van der Waals surface area contributed by atoms with Crippen LogP contribution in [0.5, 0.6) is 0 Å². The summed E-state index contributed by atoms with van der Waals surface area (Å²) in [5, 5.41) is 4.24. The Hall–Kier alpha value is -1.55. The van der Waals surface area contributed by atoms with E-state index in [2.05, 4.69) is 11.2 Å². The molecule has 3 heterocycles. The Morgan fingerprint density at radius 1 is 1.41 bits per heavy atom. The lowest BCUT2D eigenvalue weighted by molar-refractivity contribution is 0.0666. The third-order valence-corrected chi connectivity index (χ3v) is 3.50. The first-order valence-electron chi connectivity index (χ1n) is 6.13. The number of nitrogen functional groups attached to an aromatic ring is 1. The van der Waals surface area contributed by atoms with Crippen molar-refractivity contribution in [1.29, 1.82) is 0 Å². The summed E-state index contributed by atoms with van der Waals surface area (Å²) in [5.74, 6) is 0.712. The zero-order valence-corrected chi connectivity index (χ0v) is 9.80. The molecule has 1 saturated heterocycles. The van der Waals surface area contributed by atoms with Crippen LogP contribution in [-0.2, 0) is 11.2 Å². The van der Waals surface area contributed by atoms with Crippen molar-refractivity contribution in [2.75, 3.05) is 18.9 Å². The van der Waals surface area contributed by atoms with Gasteiger partial charge in [-0.05, 0) is 36.8 Å². The van der Waals surface area contributed by atoms with Gasteiger partial charge in [0.05, 0.1) is 17.4 Å². The molecule has 2 aromatic heterocycles. The lowest BCUT2D eigenvalue weighted by Gasteiger charge is -2.22. The highest BCUT2D eigenvalue weighted by molar-refractivity contribution is 5.72. The Labute approximate surface area is 100 Å². The fraction of sp³-hybridized carbons (Fsp3) is 0.462. The van der Waals surface area contributed by atoms with Crippen molar-refractivity contribution in [3.63, 3.8) is 0 Å². The Kier molecular flexibility index (Phi) is 2.73. The van der Waals surface area contributed by atoms with E-state index in [1.54, 1.807) is 6.20 Å². The average Bonchev–Trinajstić information content (AvgIpc) is 2.74. The van der Waals surface area contributed by atoms with E-state index in [9.17, 15) is 0 Å². The predicted octanol–water partition coefficient (Wildman–Crippen LogP) is 1.89. The van der Waals surface area contributed by atoms with Gasteiger partial charge >= 0.3 is 0 Å². The summed E-state index contributed by atoms with van der Waals surface area (Å²) in [6.45, 7) is 1.78. The number of aromatic nitrogens is 2. The van der Waals surface area contributed by atoms with Gasteiger partial charge in [0.25, 0.3) is 0 Å². The molecule has 0 aliphatic carbocycles. The van der Waals surface area contributed by atoms with E-state index in [1.165, 1.54) is 5.56 Å². The molecular weight excluding hydrogens is 214 g/mol. The molecule has 4 heteroatoms. The van der Waals surface area contributed by atoms with Crippen LogP contribution in [0.15, 0.2) is 24.5 Å². The Bertz CT molecular complexity index is 514. The highest BCUT2D eigenvalue weighted by atomic mass is 16.5. The summed E-state index contributed by atoms with van der Waals surface area (Å²) in [4.78, 5) is 0. The van der Waals surface area contributed by atoms with E-state index in [-0.39, 0.29) is 0 Å². The number of hydrogen-bond donors (Lipinski definition) is 1. The fourth-order valence-electron chi connectivity index (χ4n) is 2.57. The average molecular weight is 231 g/mol. The SMILES string of the molecule is Nc1cnn2cccc(CC3CCOCC3)c12. The lowest BCUT2D eigenvalue weighted by atomic mass is 9.92. The number of rotatable bonds is 2. The molecule has 0 bridgehead atoms. The van der Waals surface area contributed by atoms with Gasteiger partial charge in [0, 0.05) is 19.4 Å². The molecule has 1 aliphatic rings. The molecule has 90 valence electrons. The monoisotopic (exact) mass is 231 g/mol. The van der Waals surface area contributed by atoms with Gasteiger partial charge in [-0.25, -0.2) is 4.52 Å². The van der Waals surface area contributed by atoms with Crippen LogP contribution < -0.4 is 5.73 Å². The van der Waals surface area contributed by atoms with Crippen LogP contribution in [0.25, 0.3) is 5.52 Å². The Balaban J connectivity index is 1.91. The van der Waals surface area contributed by atoms with Crippen molar-refractivity contribution >= 4 is 11.2 Å². The summed E-state index contributed by atoms with van der Waals surface area (Å²) in [5.41, 5.74) is 9.11. The second-order valence-electron chi connectivity index (χ2n) is 4.69. The minimum absolute atomic E-state index is 0.712. The number of nitrogens with two attached hydrogens (primary N) is 1. The summed E-state index contributed by atoms with van der Waals surface area (Å²) in [6, 6.07) is 4.19. The van der Waals surface area contributed by atoms with Crippen molar-refractivity contribution in [3.05, 3.63) is 30.1 Å². The first kappa shape index (κ1) is 10.6. The second-order valence-corrected chi connectivity index (χ2v) is 4.69. The molecule has 1 fully saturated rings. The molecule has 0 amide bonds. The van der Waals surface area contributed by atoms with Crippen molar-refractivity contribution < 1.29 is 4.74 Å². The Morgan fingerprint density at radius 2 is 2.24 bits per heavy atom. The standard InChI is InChI=1S/C13H17N3O/c14-12-9-15-16-5-1-2-11(13(12)16)8-10-3-6-17-7-4-10/h1-2,5,9-10H,3-4,6-8,14H2. The molecule has 0 spiro atoms. The number of fused-ring (bicyclic) bond motifs is 1. The van der Waals surface area contributed by atoms with E-state index >= 15 is 0 Å². The van der Waals surface area contributed by atoms with E-state index in [0.29, 0.717) is 5.92 Å². The van der Waals surface area contributed by atoms with Crippen LogP contribution in [0, 0.1) is 5.92 Å². The van der Waals surface area contributed by atoms with Crippen molar-refractivity contribution in [3.8, 4) is 0 Å². The normalized spacial score (nSPS) is 17.6. The van der Waals surface area contributed by atoms with Gasteiger partial charge in [-0.3, -0.25) is 0 Å². The number of nitrogens with zero attached hydrogens (tertiary/aromatic N) is 2. The molecule has 0 aromatic carbocycles. The van der Waals surface area contributed by atoms with E-state index in [4.69, 9.17) is 10.5 Å². The first-order chi connectivity index (χ1) is 8.34. The molecule has 0 atom stereocenters. The lowest BCUT2D eigenvalue weighted by Crippen LogP contribution is -2.17. The van der Waals surface area contributed by atoms with Gasteiger partial charge in [0.2, 0.25) is 0 Å². The van der Waals surface area contributed by atoms with Crippen LogP contribution in [0.2, 0.25) is 0 Å². The molecular formula is C13H17N3O. The molecule has 1 aliphatic heterocycles. The zero-order valence-electron chi connectivity index (χ0n) is 9.80. The smallest absolute Gasteiger partial charge is 0.0923 e. The highest BCUT2D eigenvalue weighted by Crippen LogP contribution is 2.25. The van der Waals surface area contributed by atoms with Crippen LogP contribution in [0.3, 0.4) is 0 Å². The number of pyridine rings is 1. The maximum atomic E-state index is 5.97. The zero-order chi connectivity index (χ0) is 11.7. The maximum absolute atomic E-state index is 5.97. The van der Waals surface area contributed by atoms with Crippen molar-refractivity contribution in [2.45, 2.75) is 19.3 Å². The third kappa shape index (κ3) is 2.00. The highest BCUT2D eigenvalue weighted by Gasteiger charge is 2.16. The van der Waals surface area contributed by atoms with Crippen molar-refractivity contribution in [1.82, 2.24) is 9.61 Å². The maximum Gasteiger partial charge on any atom is 0.0923 e. The molecule has 0 saturated carbocycles. The fourth-order valence-corrected chi connectivity index (χ4v) is 2.57. The van der Waals surface area contributed by atoms with Gasteiger partial charge in [-0.15, -0.1) is 0 Å². The predicted molar refractivity (Wildman–Crippen MR) is 66.9 cm³/mol. The molecule has 3 rings (SSSR count). The third-order valence-electron chi connectivity index (χ3n) is 3.50. The largest absolute Gasteiger partial charge is 0.396 e. The van der Waals surface area contributed by atoms with Gasteiger partial charge < -0.3 is 10.5 Å². The summed E-state index contributed by atoms with van der Waals surface area (Å²) < 4.78 is 7.26. The molecule has 0 radical (unpaired) electrons. The van der Waals surface area contributed by atoms with E-state index in [1.807, 2.05) is 16.8 Å². The van der Waals surface area contributed by atoms with Gasteiger partial charge in [0.15, 0.2) is 0 Å². The molecule has 17 heavy (non-hydrogen) atoms. The van der Waals surface area contributed by atoms with Crippen LogP contribution >= 0.6 is 0 Å². The molecule has 2 N–H and O–H groups in total. The van der Waals surface area contributed by atoms with Crippen LogP contribution in [-0.4, -0.2) is 22.8 Å². The number of ether oxygens (including phenoxy) is 1. The molecule has 2 aromatic rings. The summed E-state index contributed by atoms with van der Waals surface area (Å²) in [6.07, 6.45) is 7.04.